The Kier molecular flexibility index (Phi) is 7.65. The van der Waals surface area contributed by atoms with Crippen LogP contribution in [0, 0.1) is 5.92 Å². The summed E-state index contributed by atoms with van der Waals surface area (Å²) in [6.07, 6.45) is 2.22. The Morgan fingerprint density at radius 2 is 2.17 bits per heavy atom. The quantitative estimate of drug-likeness (QED) is 0.788. The number of rotatable bonds is 8. The highest BCUT2D eigenvalue weighted by atomic mass is 35.5. The van der Waals surface area contributed by atoms with Crippen LogP contribution in [0.1, 0.15) is 12.8 Å². The van der Waals surface area contributed by atoms with Crippen molar-refractivity contribution in [1.29, 1.82) is 0 Å². The zero-order valence-corrected chi connectivity index (χ0v) is 14.3. The summed E-state index contributed by atoms with van der Waals surface area (Å²) in [6, 6.07) is 7.06. The van der Waals surface area contributed by atoms with Crippen molar-refractivity contribution in [2.45, 2.75) is 12.8 Å². The van der Waals surface area contributed by atoms with Crippen molar-refractivity contribution < 1.29 is 14.3 Å². The van der Waals surface area contributed by atoms with Crippen LogP contribution in [-0.4, -0.2) is 57.3 Å². The normalized spacial score (nSPS) is 16.3. The third kappa shape index (κ3) is 6.77. The number of methoxy groups -OCH3 is 1. The monoisotopic (exact) mass is 340 g/mol. The lowest BCUT2D eigenvalue weighted by molar-refractivity contribution is -0.123. The van der Waals surface area contributed by atoms with E-state index >= 15 is 0 Å². The van der Waals surface area contributed by atoms with Crippen LogP contribution in [0.2, 0.25) is 5.02 Å². The maximum Gasteiger partial charge on any atom is 0.257 e. The summed E-state index contributed by atoms with van der Waals surface area (Å²) in [5, 5.41) is 3.56. The van der Waals surface area contributed by atoms with E-state index in [-0.39, 0.29) is 12.5 Å². The van der Waals surface area contributed by atoms with Crippen LogP contribution in [0.25, 0.3) is 0 Å². The predicted molar refractivity (Wildman–Crippen MR) is 91.0 cm³/mol. The highest BCUT2D eigenvalue weighted by Gasteiger charge is 2.19. The Labute approximate surface area is 142 Å². The third-order valence-electron chi connectivity index (χ3n) is 4.07. The summed E-state index contributed by atoms with van der Waals surface area (Å²) in [5.74, 6) is 1.06. The first kappa shape index (κ1) is 18.0. The molecule has 0 aromatic heterocycles. The number of hydrogen-bond acceptors (Lipinski definition) is 4. The van der Waals surface area contributed by atoms with Gasteiger partial charge in [0.05, 0.1) is 6.61 Å². The second kappa shape index (κ2) is 9.75. The summed E-state index contributed by atoms with van der Waals surface area (Å²) >= 11 is 5.87. The average Bonchev–Trinajstić information content (AvgIpc) is 2.57. The Balaban J connectivity index is 1.60. The second-order valence-corrected chi connectivity index (χ2v) is 6.26. The van der Waals surface area contributed by atoms with Gasteiger partial charge in [0, 0.05) is 25.2 Å². The highest BCUT2D eigenvalue weighted by Crippen LogP contribution is 2.17. The molecule has 1 saturated heterocycles. The van der Waals surface area contributed by atoms with E-state index in [1.807, 2.05) is 0 Å². The largest absolute Gasteiger partial charge is 0.484 e. The van der Waals surface area contributed by atoms with E-state index < -0.39 is 0 Å². The number of hydrogen-bond donors (Lipinski definition) is 1. The van der Waals surface area contributed by atoms with Gasteiger partial charge in [0.1, 0.15) is 5.75 Å². The van der Waals surface area contributed by atoms with E-state index in [1.54, 1.807) is 31.4 Å². The Hall–Kier alpha value is -1.30. The molecule has 1 heterocycles. The van der Waals surface area contributed by atoms with Gasteiger partial charge in [-0.05, 0) is 50.0 Å². The molecule has 1 N–H and O–H groups in total. The van der Waals surface area contributed by atoms with Crippen LogP contribution in [0.15, 0.2) is 24.3 Å². The van der Waals surface area contributed by atoms with Gasteiger partial charge in [0.25, 0.3) is 5.91 Å². The van der Waals surface area contributed by atoms with Crippen LogP contribution < -0.4 is 10.1 Å². The van der Waals surface area contributed by atoms with Gasteiger partial charge in [0.15, 0.2) is 6.61 Å². The summed E-state index contributed by atoms with van der Waals surface area (Å²) in [4.78, 5) is 14.3. The zero-order valence-electron chi connectivity index (χ0n) is 13.6. The van der Waals surface area contributed by atoms with Crippen molar-refractivity contribution in [3.05, 3.63) is 29.3 Å². The number of carbonyl (C=O) groups is 1. The highest BCUT2D eigenvalue weighted by molar-refractivity contribution is 6.30. The number of piperidine rings is 1. The maximum absolute atomic E-state index is 11.9. The van der Waals surface area contributed by atoms with Gasteiger partial charge in [-0.15, -0.1) is 0 Å². The second-order valence-electron chi connectivity index (χ2n) is 5.83. The molecule has 0 saturated carbocycles. The molecule has 1 aromatic rings. The summed E-state index contributed by atoms with van der Waals surface area (Å²) in [6.45, 7) is 4.65. The number of ether oxygens (including phenoxy) is 2. The van der Waals surface area contributed by atoms with E-state index in [9.17, 15) is 4.79 Å². The van der Waals surface area contributed by atoms with Crippen molar-refractivity contribution in [3.63, 3.8) is 0 Å². The van der Waals surface area contributed by atoms with Crippen LogP contribution >= 0.6 is 11.6 Å². The van der Waals surface area contributed by atoms with Crippen LogP contribution in [-0.2, 0) is 9.53 Å². The number of nitrogens with zero attached hydrogens (tertiary/aromatic N) is 1. The van der Waals surface area contributed by atoms with Crippen molar-refractivity contribution in [2.75, 3.05) is 46.5 Å². The fourth-order valence-corrected chi connectivity index (χ4v) is 2.83. The molecule has 0 radical (unpaired) electrons. The van der Waals surface area contributed by atoms with Crippen LogP contribution in [0.4, 0.5) is 0 Å². The van der Waals surface area contributed by atoms with Crippen LogP contribution in [0.3, 0.4) is 0 Å². The lowest BCUT2D eigenvalue weighted by Gasteiger charge is -2.31. The Morgan fingerprint density at radius 1 is 1.39 bits per heavy atom. The van der Waals surface area contributed by atoms with E-state index in [4.69, 9.17) is 21.1 Å². The van der Waals surface area contributed by atoms with Gasteiger partial charge in [-0.3, -0.25) is 4.79 Å². The van der Waals surface area contributed by atoms with Crippen molar-refractivity contribution in [2.24, 2.45) is 5.92 Å². The minimum Gasteiger partial charge on any atom is -0.484 e. The predicted octanol–water partition coefficient (Wildman–Crippen LogP) is 2.19. The molecule has 0 atom stereocenters. The van der Waals surface area contributed by atoms with Crippen molar-refractivity contribution in [1.82, 2.24) is 10.2 Å². The molecule has 0 bridgehead atoms. The smallest absolute Gasteiger partial charge is 0.257 e. The third-order valence-corrected chi connectivity index (χ3v) is 4.31. The van der Waals surface area contributed by atoms with Gasteiger partial charge < -0.3 is 19.7 Å². The standard InChI is InChI=1S/C17H25ClN2O3/c1-22-10-9-20-7-5-14(6-8-20)12-19-17(21)13-23-16-4-2-3-15(18)11-16/h2-4,11,14H,5-10,12-13H2,1H3,(H,19,21). The minimum atomic E-state index is -0.0909. The van der Waals surface area contributed by atoms with E-state index in [1.165, 1.54) is 0 Å². The first-order chi connectivity index (χ1) is 11.2. The van der Waals surface area contributed by atoms with Gasteiger partial charge in [-0.2, -0.15) is 0 Å². The Bertz CT molecular complexity index is 490. The molecule has 6 heteroatoms. The summed E-state index contributed by atoms with van der Waals surface area (Å²) in [5.41, 5.74) is 0. The zero-order chi connectivity index (χ0) is 16.5. The molecular formula is C17H25ClN2O3. The first-order valence-electron chi connectivity index (χ1n) is 8.03. The molecule has 128 valence electrons. The fraction of sp³-hybridized carbons (Fsp3) is 0.588. The molecule has 1 fully saturated rings. The maximum atomic E-state index is 11.9. The SMILES string of the molecule is COCCN1CCC(CNC(=O)COc2cccc(Cl)c2)CC1. The molecule has 1 aliphatic rings. The number of likely N-dealkylation sites (tertiary alicyclic amines) is 1. The molecule has 2 rings (SSSR count). The number of nitrogens with one attached hydrogen (secondary N) is 1. The molecule has 0 aliphatic carbocycles. The molecular weight excluding hydrogens is 316 g/mol. The lowest BCUT2D eigenvalue weighted by atomic mass is 9.97. The topological polar surface area (TPSA) is 50.8 Å². The van der Waals surface area contributed by atoms with Gasteiger partial charge in [-0.1, -0.05) is 17.7 Å². The molecule has 0 spiro atoms. The van der Waals surface area contributed by atoms with Crippen LogP contribution in [0.5, 0.6) is 5.75 Å². The van der Waals surface area contributed by atoms with E-state index in [2.05, 4.69) is 10.2 Å². The first-order valence-corrected chi connectivity index (χ1v) is 8.41. The molecule has 23 heavy (non-hydrogen) atoms. The van der Waals surface area contributed by atoms with Gasteiger partial charge in [0.2, 0.25) is 0 Å². The molecule has 0 unspecified atom stereocenters. The summed E-state index contributed by atoms with van der Waals surface area (Å²) < 4.78 is 10.5. The number of carbonyl (C=O) groups excluding carboxylic acids is 1. The lowest BCUT2D eigenvalue weighted by Crippen LogP contribution is -2.40. The number of amides is 1. The minimum absolute atomic E-state index is 0.0209. The van der Waals surface area contributed by atoms with Crippen molar-refractivity contribution in [3.8, 4) is 5.75 Å². The van der Waals surface area contributed by atoms with E-state index in [0.29, 0.717) is 16.7 Å². The summed E-state index contributed by atoms with van der Waals surface area (Å²) in [7, 11) is 1.73. The van der Waals surface area contributed by atoms with E-state index in [0.717, 1.165) is 45.6 Å². The number of benzene rings is 1. The Morgan fingerprint density at radius 3 is 2.87 bits per heavy atom. The molecule has 1 aromatic carbocycles. The van der Waals surface area contributed by atoms with Gasteiger partial charge in [-0.25, -0.2) is 0 Å². The number of halogens is 1. The van der Waals surface area contributed by atoms with Crippen molar-refractivity contribution >= 4 is 17.5 Å². The molecule has 5 nitrogen and oxygen atoms in total. The average molecular weight is 341 g/mol. The van der Waals surface area contributed by atoms with Gasteiger partial charge >= 0.3 is 0 Å². The molecule has 1 amide bonds. The fourth-order valence-electron chi connectivity index (χ4n) is 2.65. The molecule has 1 aliphatic heterocycles.